The van der Waals surface area contributed by atoms with Crippen LogP contribution in [0.25, 0.3) is 0 Å². The zero-order valence-corrected chi connectivity index (χ0v) is 6.49. The quantitative estimate of drug-likeness (QED) is 0.510. The van der Waals surface area contributed by atoms with Crippen LogP contribution in [0, 0.1) is 0 Å². The molecule has 0 heterocycles. The monoisotopic (exact) mass is 179 g/mol. The molecule has 0 saturated heterocycles. The van der Waals surface area contributed by atoms with Gasteiger partial charge in [-0.3, -0.25) is 0 Å². The maximum absolute atomic E-state index is 5.42. The average Bonchev–Trinajstić information content (AvgIpc) is 1.66. The Kier molecular flexibility index (Phi) is 6.44. The fourth-order valence-electron chi connectivity index (χ4n) is 0.425. The van der Waals surface area contributed by atoms with Crippen LogP contribution in [-0.2, 0) is 15.7 Å². The standard InChI is InChI=1S/C5H11ClN.Co/c6-4-2-1-3-5-7;/h5H,1-4,7H2;. The first-order chi connectivity index (χ1) is 3.77. The molecule has 3 heteroatoms. The number of halogens is 1. The van der Waals surface area contributed by atoms with E-state index >= 15 is 0 Å². The Morgan fingerprint density at radius 2 is 2.12 bits per heavy atom. The predicted octanol–water partition coefficient (Wildman–Crippen LogP) is 1.23. The molecule has 0 aliphatic carbocycles. The molecule has 0 aliphatic heterocycles. The SMILES string of the molecule is N[CH]([Co])CCCCCl. The first-order valence-corrected chi connectivity index (χ1v) is 3.84. The Hall–Kier alpha value is 0.756. The van der Waals surface area contributed by atoms with Crippen LogP contribution in [0.4, 0.5) is 0 Å². The molecule has 0 aromatic rings. The zero-order chi connectivity index (χ0) is 6.41. The second kappa shape index (κ2) is 5.89. The van der Waals surface area contributed by atoms with Crippen LogP contribution >= 0.6 is 11.6 Å². The summed E-state index contributed by atoms with van der Waals surface area (Å²) in [5.74, 6) is 0.736. The summed E-state index contributed by atoms with van der Waals surface area (Å²) in [5.41, 5.74) is 5.35. The Labute approximate surface area is 63.6 Å². The van der Waals surface area contributed by atoms with Crippen molar-refractivity contribution in [2.45, 2.75) is 24.2 Å². The summed E-state index contributed by atoms with van der Waals surface area (Å²) in [7, 11) is 0. The number of rotatable bonds is 4. The van der Waals surface area contributed by atoms with E-state index < -0.39 is 0 Å². The average molecular weight is 180 g/mol. The fourth-order valence-corrected chi connectivity index (χ4v) is 0.826. The van der Waals surface area contributed by atoms with Crippen molar-refractivity contribution >= 4 is 11.6 Å². The maximum atomic E-state index is 5.42. The molecule has 0 bridgehead atoms. The molecule has 52 valence electrons. The van der Waals surface area contributed by atoms with Gasteiger partial charge < -0.3 is 0 Å². The molecule has 0 amide bonds. The zero-order valence-electron chi connectivity index (χ0n) is 4.69. The van der Waals surface area contributed by atoms with Crippen LogP contribution in [0.5, 0.6) is 0 Å². The molecule has 0 aromatic heterocycles. The van der Waals surface area contributed by atoms with E-state index in [2.05, 4.69) is 15.7 Å². The molecule has 2 N–H and O–H groups in total. The van der Waals surface area contributed by atoms with Gasteiger partial charge in [0.05, 0.1) is 0 Å². The van der Waals surface area contributed by atoms with Gasteiger partial charge in [-0.25, -0.2) is 0 Å². The summed E-state index contributed by atoms with van der Waals surface area (Å²) < 4.78 is 0. The van der Waals surface area contributed by atoms with Crippen molar-refractivity contribution in [2.24, 2.45) is 5.73 Å². The number of hydrogen-bond donors (Lipinski definition) is 1. The van der Waals surface area contributed by atoms with Crippen LogP contribution < -0.4 is 5.73 Å². The summed E-state index contributed by atoms with van der Waals surface area (Å²) in [6.07, 6.45) is 3.10. The van der Waals surface area contributed by atoms with Gasteiger partial charge >= 0.3 is 63.2 Å². The first-order valence-electron chi connectivity index (χ1n) is 2.70. The van der Waals surface area contributed by atoms with E-state index in [1.54, 1.807) is 0 Å². The van der Waals surface area contributed by atoms with Gasteiger partial charge in [-0.2, -0.15) is 0 Å². The number of hydrogen-bond acceptors (Lipinski definition) is 1. The van der Waals surface area contributed by atoms with E-state index in [0.717, 1.165) is 25.1 Å². The fraction of sp³-hybridized carbons (Fsp3) is 1.00. The van der Waals surface area contributed by atoms with Gasteiger partial charge in [0.25, 0.3) is 0 Å². The van der Waals surface area contributed by atoms with Crippen molar-refractivity contribution in [3.05, 3.63) is 0 Å². The third-order valence-electron chi connectivity index (χ3n) is 0.851. The molecule has 1 atom stereocenters. The Morgan fingerprint density at radius 1 is 1.50 bits per heavy atom. The Morgan fingerprint density at radius 3 is 2.50 bits per heavy atom. The molecule has 0 fully saturated rings. The van der Waals surface area contributed by atoms with E-state index in [0.29, 0.717) is 0 Å². The summed E-state index contributed by atoms with van der Waals surface area (Å²) in [6, 6.07) is 0. The summed E-state index contributed by atoms with van der Waals surface area (Å²) in [5, 5.41) is 0. The van der Waals surface area contributed by atoms with Crippen LogP contribution in [0.1, 0.15) is 19.3 Å². The van der Waals surface area contributed by atoms with Crippen molar-refractivity contribution in [3.63, 3.8) is 0 Å². The summed E-state index contributed by atoms with van der Waals surface area (Å²) in [4.78, 5) is 0.0331. The van der Waals surface area contributed by atoms with Crippen molar-refractivity contribution in [1.29, 1.82) is 0 Å². The van der Waals surface area contributed by atoms with Gasteiger partial charge in [-0.15, -0.1) is 0 Å². The van der Waals surface area contributed by atoms with Gasteiger partial charge in [-0.1, -0.05) is 0 Å². The van der Waals surface area contributed by atoms with Crippen LogP contribution in [-0.4, -0.2) is 10.9 Å². The van der Waals surface area contributed by atoms with Gasteiger partial charge in [0.1, 0.15) is 0 Å². The minimum absolute atomic E-state index is 0.0331. The normalized spacial score (nSPS) is 14.0. The van der Waals surface area contributed by atoms with Crippen LogP contribution in [0.3, 0.4) is 0 Å². The van der Waals surface area contributed by atoms with E-state index in [1.807, 2.05) is 0 Å². The Bertz CT molecular complexity index is 49.7. The second-order valence-electron chi connectivity index (χ2n) is 1.67. The van der Waals surface area contributed by atoms with E-state index in [9.17, 15) is 0 Å². The van der Waals surface area contributed by atoms with Gasteiger partial charge in [0.2, 0.25) is 0 Å². The molecule has 0 spiro atoms. The molecule has 1 nitrogen and oxygen atoms in total. The molecule has 0 saturated carbocycles. The second-order valence-corrected chi connectivity index (χ2v) is 2.82. The Balaban J connectivity index is 2.72. The topological polar surface area (TPSA) is 26.0 Å². The molecule has 1 unspecified atom stereocenters. The van der Waals surface area contributed by atoms with E-state index in [4.69, 9.17) is 17.3 Å². The number of alkyl halides is 1. The van der Waals surface area contributed by atoms with Crippen molar-refractivity contribution in [2.75, 3.05) is 5.88 Å². The van der Waals surface area contributed by atoms with Crippen molar-refractivity contribution < 1.29 is 15.7 Å². The van der Waals surface area contributed by atoms with Crippen molar-refractivity contribution in [1.82, 2.24) is 0 Å². The number of unbranched alkanes of at least 4 members (excludes halogenated alkanes) is 1. The van der Waals surface area contributed by atoms with Gasteiger partial charge in [0.15, 0.2) is 0 Å². The molecule has 0 radical (unpaired) electrons. The third-order valence-corrected chi connectivity index (χ3v) is 1.42. The summed E-state index contributed by atoms with van der Waals surface area (Å²) >= 11 is 9.47. The molecular weight excluding hydrogens is 168 g/mol. The van der Waals surface area contributed by atoms with E-state index in [-0.39, 0.29) is 4.98 Å². The first kappa shape index (κ1) is 8.76. The minimum atomic E-state index is 0.0331. The van der Waals surface area contributed by atoms with Crippen LogP contribution in [0.2, 0.25) is 0 Å². The molecule has 0 rings (SSSR count). The molecule has 0 aromatic carbocycles. The molecule has 0 aliphatic rings. The predicted molar refractivity (Wildman–Crippen MR) is 32.5 cm³/mol. The third kappa shape index (κ3) is 6.76. The summed E-state index contributed by atoms with van der Waals surface area (Å²) in [6.45, 7) is 0. The number of nitrogens with two attached hydrogens (primary N) is 1. The van der Waals surface area contributed by atoms with E-state index in [1.165, 1.54) is 0 Å². The van der Waals surface area contributed by atoms with Crippen LogP contribution in [0.15, 0.2) is 0 Å². The van der Waals surface area contributed by atoms with Gasteiger partial charge in [-0.05, 0) is 0 Å². The van der Waals surface area contributed by atoms with Gasteiger partial charge in [0, 0.05) is 0 Å². The molecule has 8 heavy (non-hydrogen) atoms. The van der Waals surface area contributed by atoms with Crippen molar-refractivity contribution in [3.8, 4) is 0 Å². The molecular formula is C5H11ClCoN.